The van der Waals surface area contributed by atoms with Crippen molar-refractivity contribution in [1.82, 2.24) is 5.59 Å². The van der Waals surface area contributed by atoms with Crippen LogP contribution in [-0.2, 0) is 29.1 Å². The molecule has 0 spiro atoms. The molecule has 0 saturated heterocycles. The molecule has 1 heterocycles. The molecule has 0 aliphatic rings. The number of benzene rings is 1. The number of rotatable bonds is 19. The number of anilines is 1. The fourth-order valence-electron chi connectivity index (χ4n) is 4.00. The van der Waals surface area contributed by atoms with Gasteiger partial charge in [0.05, 0.1) is 5.69 Å². The number of nitrogens with one attached hydrogen (secondary N) is 2. The number of aryl methyl sites for hydroxylation is 3. The van der Waals surface area contributed by atoms with Crippen LogP contribution in [0.3, 0.4) is 0 Å². The Hall–Kier alpha value is -2.87. The first-order valence-electron chi connectivity index (χ1n) is 13.6. The van der Waals surface area contributed by atoms with Crippen LogP contribution >= 0.6 is 0 Å². The van der Waals surface area contributed by atoms with Crippen LogP contribution in [0, 0.1) is 12.0 Å². The number of hydrogen-bond acceptors (Lipinski definition) is 5. The quantitative estimate of drug-likeness (QED) is 0.0557. The van der Waals surface area contributed by atoms with Gasteiger partial charge in [-0.2, -0.15) is 17.6 Å². The van der Waals surface area contributed by atoms with Gasteiger partial charge in [0, 0.05) is 24.5 Å². The van der Waals surface area contributed by atoms with Gasteiger partial charge in [0.1, 0.15) is 12.7 Å². The molecular weight excluding hydrogens is 514 g/mol. The minimum absolute atomic E-state index is 0.319. The van der Waals surface area contributed by atoms with Crippen molar-refractivity contribution in [3.8, 4) is 12.0 Å². The fraction of sp³-hybridized carbons (Fsp3) is 0.552. The van der Waals surface area contributed by atoms with E-state index in [1.165, 1.54) is 69.8 Å². The lowest BCUT2D eigenvalue weighted by Gasteiger charge is -2.21. The highest BCUT2D eigenvalue weighted by Crippen LogP contribution is 2.33. The maximum absolute atomic E-state index is 13.4. The molecule has 2 rings (SSSR count). The minimum atomic E-state index is -5.01. The van der Waals surface area contributed by atoms with Crippen LogP contribution in [0.25, 0.3) is 0 Å². The van der Waals surface area contributed by atoms with E-state index in [-0.39, 0.29) is 0 Å². The van der Waals surface area contributed by atoms with E-state index in [1.54, 1.807) is 29.9 Å². The topological polar surface area (TPSA) is 69.5 Å². The summed E-state index contributed by atoms with van der Waals surface area (Å²) in [5, 5.41) is 9.64. The van der Waals surface area contributed by atoms with Crippen molar-refractivity contribution in [3.05, 3.63) is 59.9 Å². The average molecular weight is 554 g/mol. The maximum atomic E-state index is 13.4. The molecular formula is C29H39F4N3O3. The monoisotopic (exact) mass is 553 g/mol. The number of pyridine rings is 1. The number of alkyl halides is 4. The van der Waals surface area contributed by atoms with Crippen LogP contribution in [0.4, 0.5) is 23.2 Å². The lowest BCUT2D eigenvalue weighted by atomic mass is 10.1. The second-order valence-electron chi connectivity index (χ2n) is 9.55. The smallest absolute Gasteiger partial charge is 0.449 e. The van der Waals surface area contributed by atoms with Crippen molar-refractivity contribution < 1.29 is 37.1 Å². The molecule has 0 amide bonds. The van der Waals surface area contributed by atoms with E-state index < -0.39 is 12.0 Å². The molecule has 1 aromatic heterocycles. The number of unbranched alkanes of at least 4 members (excludes halogenated alkanes) is 9. The van der Waals surface area contributed by atoms with Crippen LogP contribution in [0.5, 0.6) is 0 Å². The summed E-state index contributed by atoms with van der Waals surface area (Å²) in [4.78, 5) is 6.53. The predicted molar refractivity (Wildman–Crippen MR) is 139 cm³/mol. The first-order chi connectivity index (χ1) is 18.8. The minimum Gasteiger partial charge on any atom is -0.653 e. The van der Waals surface area contributed by atoms with E-state index in [1.807, 2.05) is 0 Å². The highest BCUT2D eigenvalue weighted by atomic mass is 19.3. The SMILES string of the molecule is CCCCCCCCCCCC[n+]1ccc(CCc2ccc(NNOC(F)(F)C(F)(F)C#CO[O-])cc2)cc1. The maximum Gasteiger partial charge on any atom is 0.449 e. The van der Waals surface area contributed by atoms with Gasteiger partial charge in [-0.15, -0.1) is 5.59 Å². The Balaban J connectivity index is 1.63. The summed E-state index contributed by atoms with van der Waals surface area (Å²) >= 11 is 0. The molecule has 0 radical (unpaired) electrons. The summed E-state index contributed by atoms with van der Waals surface area (Å²) in [6, 6.07) is 11.0. The Bertz CT molecular complexity index is 994. The molecule has 6 nitrogen and oxygen atoms in total. The molecule has 0 bridgehead atoms. The summed E-state index contributed by atoms with van der Waals surface area (Å²) in [5.74, 6) is -4.23. The first kappa shape index (κ1) is 32.3. The molecule has 2 N–H and O–H groups in total. The number of hydrazine groups is 1. The van der Waals surface area contributed by atoms with Crippen molar-refractivity contribution in [3.63, 3.8) is 0 Å². The van der Waals surface area contributed by atoms with E-state index >= 15 is 0 Å². The Morgan fingerprint density at radius 2 is 1.33 bits per heavy atom. The zero-order valence-electron chi connectivity index (χ0n) is 22.5. The van der Waals surface area contributed by atoms with Crippen LogP contribution in [0.2, 0.25) is 0 Å². The Labute approximate surface area is 228 Å². The van der Waals surface area contributed by atoms with Gasteiger partial charge >= 0.3 is 12.0 Å². The van der Waals surface area contributed by atoms with Gasteiger partial charge in [0.25, 0.3) is 0 Å². The third-order valence-electron chi connectivity index (χ3n) is 6.38. The van der Waals surface area contributed by atoms with Gasteiger partial charge in [-0.1, -0.05) is 70.4 Å². The van der Waals surface area contributed by atoms with Crippen LogP contribution in [0.1, 0.15) is 82.3 Å². The van der Waals surface area contributed by atoms with Gasteiger partial charge in [-0.05, 0) is 42.5 Å². The zero-order valence-corrected chi connectivity index (χ0v) is 22.5. The third-order valence-corrected chi connectivity index (χ3v) is 6.38. The Morgan fingerprint density at radius 1 is 0.795 bits per heavy atom. The lowest BCUT2D eigenvalue weighted by molar-refractivity contribution is -0.697. The number of halogens is 4. The molecule has 0 atom stereocenters. The van der Waals surface area contributed by atoms with E-state index in [0.717, 1.165) is 31.1 Å². The van der Waals surface area contributed by atoms with Crippen molar-refractivity contribution in [2.75, 3.05) is 5.43 Å². The molecule has 1 aromatic carbocycles. The normalized spacial score (nSPS) is 11.6. The van der Waals surface area contributed by atoms with E-state index in [0.29, 0.717) is 11.6 Å². The third kappa shape index (κ3) is 12.7. The van der Waals surface area contributed by atoms with Gasteiger partial charge < -0.3 is 10.1 Å². The van der Waals surface area contributed by atoms with Gasteiger partial charge in [0.15, 0.2) is 12.4 Å². The fourth-order valence-corrected chi connectivity index (χ4v) is 4.00. The molecule has 0 aliphatic carbocycles. The summed E-state index contributed by atoms with van der Waals surface area (Å²) in [6.45, 7) is 3.27. The van der Waals surface area contributed by atoms with Crippen molar-refractivity contribution in [2.45, 2.75) is 103 Å². The number of nitrogens with zero attached hydrogens (tertiary/aromatic N) is 1. The Kier molecular flexibility index (Phi) is 14.6. The van der Waals surface area contributed by atoms with Crippen molar-refractivity contribution >= 4 is 5.69 Å². The van der Waals surface area contributed by atoms with Crippen LogP contribution in [-0.4, -0.2) is 12.0 Å². The summed E-state index contributed by atoms with van der Waals surface area (Å²) < 4.78 is 55.5. The van der Waals surface area contributed by atoms with E-state index in [9.17, 15) is 22.8 Å². The van der Waals surface area contributed by atoms with Gasteiger partial charge in [0.2, 0.25) is 0 Å². The van der Waals surface area contributed by atoms with E-state index in [4.69, 9.17) is 0 Å². The van der Waals surface area contributed by atoms with Gasteiger partial charge in [-0.25, -0.2) is 9.40 Å². The summed E-state index contributed by atoms with van der Waals surface area (Å²) in [5.41, 5.74) is 6.37. The summed E-state index contributed by atoms with van der Waals surface area (Å²) in [7, 11) is 0. The molecule has 0 unspecified atom stereocenters. The predicted octanol–water partition coefficient (Wildman–Crippen LogP) is 6.01. The van der Waals surface area contributed by atoms with E-state index in [2.05, 4.69) is 51.2 Å². The highest BCUT2D eigenvalue weighted by molar-refractivity contribution is 5.43. The van der Waals surface area contributed by atoms with Crippen LogP contribution < -0.4 is 20.8 Å². The van der Waals surface area contributed by atoms with Crippen LogP contribution in [0.15, 0.2) is 48.8 Å². The number of hydrogen-bond donors (Lipinski definition) is 2. The molecule has 0 saturated carbocycles. The zero-order chi connectivity index (χ0) is 28.4. The standard InChI is InChI=1S/C29H39F4N3O3/c1-2-3-4-5-6-7-8-9-10-11-21-36-22-18-26(19-23-36)13-12-25-14-16-27(17-15-25)34-35-39-29(32,33)28(30,31)20-24-38-37/h14-19,22-23,34-35H,2-13,21H2,1H3. The van der Waals surface area contributed by atoms with Gasteiger partial charge in [-0.3, -0.25) is 5.43 Å². The molecule has 0 aliphatic heterocycles. The second-order valence-corrected chi connectivity index (χ2v) is 9.55. The summed E-state index contributed by atoms with van der Waals surface area (Å²) in [6.07, 6.45) is 14.9. The Morgan fingerprint density at radius 3 is 1.90 bits per heavy atom. The highest BCUT2D eigenvalue weighted by Gasteiger charge is 2.58. The second kappa shape index (κ2) is 17.7. The molecule has 39 heavy (non-hydrogen) atoms. The number of aromatic nitrogens is 1. The lowest BCUT2D eigenvalue weighted by Crippen LogP contribution is -2.46. The van der Waals surface area contributed by atoms with Crippen molar-refractivity contribution in [2.24, 2.45) is 0 Å². The largest absolute Gasteiger partial charge is 0.653 e. The molecule has 10 heteroatoms. The van der Waals surface area contributed by atoms with Crippen molar-refractivity contribution in [1.29, 1.82) is 0 Å². The average Bonchev–Trinajstić information content (AvgIpc) is 2.93. The molecule has 0 fully saturated rings. The molecule has 216 valence electrons. The first-order valence-corrected chi connectivity index (χ1v) is 13.6. The molecule has 2 aromatic rings.